The average molecular weight is 152 g/mol. The SMILES string of the molecule is NCCc1coc(C2CC2)n1. The topological polar surface area (TPSA) is 52.0 Å². The van der Waals surface area contributed by atoms with Crippen molar-refractivity contribution in [3.8, 4) is 0 Å². The smallest absolute Gasteiger partial charge is 0.197 e. The van der Waals surface area contributed by atoms with E-state index in [2.05, 4.69) is 4.98 Å². The summed E-state index contributed by atoms with van der Waals surface area (Å²) in [4.78, 5) is 4.32. The van der Waals surface area contributed by atoms with E-state index < -0.39 is 0 Å². The Morgan fingerprint density at radius 3 is 3.09 bits per heavy atom. The first-order chi connectivity index (χ1) is 5.40. The van der Waals surface area contributed by atoms with Crippen molar-refractivity contribution >= 4 is 0 Å². The molecule has 60 valence electrons. The highest BCUT2D eigenvalue weighted by atomic mass is 16.3. The second-order valence-electron chi connectivity index (χ2n) is 2.99. The first-order valence-electron chi connectivity index (χ1n) is 4.04. The monoisotopic (exact) mass is 152 g/mol. The van der Waals surface area contributed by atoms with Crippen molar-refractivity contribution in [2.45, 2.75) is 25.2 Å². The number of nitrogens with zero attached hydrogens (tertiary/aromatic N) is 1. The van der Waals surface area contributed by atoms with Crippen LogP contribution in [-0.2, 0) is 6.42 Å². The van der Waals surface area contributed by atoms with Crippen molar-refractivity contribution in [2.75, 3.05) is 6.54 Å². The average Bonchev–Trinajstić information content (AvgIpc) is 2.75. The summed E-state index contributed by atoms with van der Waals surface area (Å²) in [6, 6.07) is 0. The summed E-state index contributed by atoms with van der Waals surface area (Å²) in [6.07, 6.45) is 5.03. The molecule has 1 fully saturated rings. The van der Waals surface area contributed by atoms with Gasteiger partial charge in [-0.2, -0.15) is 0 Å². The Bertz CT molecular complexity index is 240. The Kier molecular flexibility index (Phi) is 1.66. The lowest BCUT2D eigenvalue weighted by atomic mass is 10.3. The zero-order valence-electron chi connectivity index (χ0n) is 6.42. The molecule has 1 saturated carbocycles. The molecule has 2 rings (SSSR count). The summed E-state index contributed by atoms with van der Waals surface area (Å²) < 4.78 is 5.27. The molecule has 1 aliphatic rings. The maximum Gasteiger partial charge on any atom is 0.197 e. The van der Waals surface area contributed by atoms with Crippen LogP contribution in [-0.4, -0.2) is 11.5 Å². The standard InChI is InChI=1S/C8H12N2O/c9-4-3-7-5-11-8(10-7)6-1-2-6/h5-6H,1-4,9H2. The minimum absolute atomic E-state index is 0.613. The van der Waals surface area contributed by atoms with Gasteiger partial charge in [-0.15, -0.1) is 0 Å². The van der Waals surface area contributed by atoms with Gasteiger partial charge in [-0.3, -0.25) is 0 Å². The van der Waals surface area contributed by atoms with Crippen molar-refractivity contribution < 1.29 is 4.42 Å². The van der Waals surface area contributed by atoms with E-state index in [-0.39, 0.29) is 0 Å². The number of nitrogens with two attached hydrogens (primary N) is 1. The highest BCUT2D eigenvalue weighted by Gasteiger charge is 2.28. The quantitative estimate of drug-likeness (QED) is 0.704. The molecule has 11 heavy (non-hydrogen) atoms. The van der Waals surface area contributed by atoms with Crippen molar-refractivity contribution in [1.82, 2.24) is 4.98 Å². The second kappa shape index (κ2) is 2.66. The maximum atomic E-state index is 5.38. The Morgan fingerprint density at radius 2 is 2.45 bits per heavy atom. The summed E-state index contributed by atoms with van der Waals surface area (Å²) in [5, 5.41) is 0. The second-order valence-corrected chi connectivity index (χ2v) is 2.99. The molecule has 0 unspecified atom stereocenters. The van der Waals surface area contributed by atoms with Gasteiger partial charge in [-0.1, -0.05) is 0 Å². The predicted molar refractivity (Wildman–Crippen MR) is 41.2 cm³/mol. The van der Waals surface area contributed by atoms with Crippen LogP contribution in [0.1, 0.15) is 30.3 Å². The van der Waals surface area contributed by atoms with Crippen LogP contribution in [0.25, 0.3) is 0 Å². The Labute approximate surface area is 65.6 Å². The molecule has 0 atom stereocenters. The molecule has 1 aliphatic carbocycles. The van der Waals surface area contributed by atoms with Crippen molar-refractivity contribution in [1.29, 1.82) is 0 Å². The third-order valence-electron chi connectivity index (χ3n) is 1.90. The van der Waals surface area contributed by atoms with E-state index in [1.165, 1.54) is 12.8 Å². The number of oxazole rings is 1. The van der Waals surface area contributed by atoms with Gasteiger partial charge in [-0.05, 0) is 19.4 Å². The molecule has 0 aliphatic heterocycles. The zero-order valence-corrected chi connectivity index (χ0v) is 6.42. The van der Waals surface area contributed by atoms with Gasteiger partial charge in [0.15, 0.2) is 5.89 Å². The molecule has 0 amide bonds. The van der Waals surface area contributed by atoms with E-state index in [4.69, 9.17) is 10.2 Å². The molecule has 3 heteroatoms. The van der Waals surface area contributed by atoms with Gasteiger partial charge >= 0.3 is 0 Å². The maximum absolute atomic E-state index is 5.38. The van der Waals surface area contributed by atoms with Crippen LogP contribution in [0.2, 0.25) is 0 Å². The fourth-order valence-electron chi connectivity index (χ4n) is 1.10. The lowest BCUT2D eigenvalue weighted by Crippen LogP contribution is -2.02. The van der Waals surface area contributed by atoms with Crippen molar-refractivity contribution in [2.24, 2.45) is 5.73 Å². The molecular weight excluding hydrogens is 140 g/mol. The minimum atomic E-state index is 0.613. The summed E-state index contributed by atoms with van der Waals surface area (Å²) in [5.74, 6) is 1.52. The molecule has 1 aromatic rings. The van der Waals surface area contributed by atoms with E-state index in [0.717, 1.165) is 18.0 Å². The molecule has 1 heterocycles. The first kappa shape index (κ1) is 6.85. The normalized spacial score (nSPS) is 17.2. The number of hydrogen-bond acceptors (Lipinski definition) is 3. The molecule has 0 spiro atoms. The Morgan fingerprint density at radius 1 is 1.64 bits per heavy atom. The fraction of sp³-hybridized carbons (Fsp3) is 0.625. The first-order valence-corrected chi connectivity index (χ1v) is 4.04. The van der Waals surface area contributed by atoms with Gasteiger partial charge in [0.05, 0.1) is 5.69 Å². The minimum Gasteiger partial charge on any atom is -0.448 e. The lowest BCUT2D eigenvalue weighted by Gasteiger charge is -1.86. The molecule has 0 radical (unpaired) electrons. The van der Waals surface area contributed by atoms with Gasteiger partial charge < -0.3 is 10.2 Å². The van der Waals surface area contributed by atoms with Crippen molar-refractivity contribution in [3.63, 3.8) is 0 Å². The van der Waals surface area contributed by atoms with E-state index in [9.17, 15) is 0 Å². The summed E-state index contributed by atoms with van der Waals surface area (Å²) in [7, 11) is 0. The van der Waals surface area contributed by atoms with Crippen LogP contribution in [0.3, 0.4) is 0 Å². The van der Waals surface area contributed by atoms with E-state index in [1.807, 2.05) is 0 Å². The van der Waals surface area contributed by atoms with Crippen LogP contribution in [0.15, 0.2) is 10.7 Å². The lowest BCUT2D eigenvalue weighted by molar-refractivity contribution is 0.497. The summed E-state index contributed by atoms with van der Waals surface area (Å²) >= 11 is 0. The van der Waals surface area contributed by atoms with Gasteiger partial charge in [0.2, 0.25) is 0 Å². The van der Waals surface area contributed by atoms with Crippen LogP contribution in [0.4, 0.5) is 0 Å². The Balaban J connectivity index is 2.06. The molecule has 0 bridgehead atoms. The van der Waals surface area contributed by atoms with Gasteiger partial charge in [0.25, 0.3) is 0 Å². The number of hydrogen-bond donors (Lipinski definition) is 1. The predicted octanol–water partition coefficient (Wildman–Crippen LogP) is 1.05. The van der Waals surface area contributed by atoms with Gasteiger partial charge in [0.1, 0.15) is 6.26 Å². The highest BCUT2D eigenvalue weighted by Crippen LogP contribution is 2.39. The zero-order chi connectivity index (χ0) is 7.68. The van der Waals surface area contributed by atoms with E-state index in [0.29, 0.717) is 12.5 Å². The molecule has 0 aromatic carbocycles. The van der Waals surface area contributed by atoms with Crippen LogP contribution in [0.5, 0.6) is 0 Å². The fourth-order valence-corrected chi connectivity index (χ4v) is 1.10. The third-order valence-corrected chi connectivity index (χ3v) is 1.90. The molecule has 0 saturated heterocycles. The van der Waals surface area contributed by atoms with Crippen LogP contribution in [0, 0.1) is 0 Å². The molecule has 3 nitrogen and oxygen atoms in total. The van der Waals surface area contributed by atoms with Crippen molar-refractivity contribution in [3.05, 3.63) is 17.8 Å². The largest absolute Gasteiger partial charge is 0.448 e. The molecule has 1 aromatic heterocycles. The van der Waals surface area contributed by atoms with Crippen LogP contribution >= 0.6 is 0 Å². The highest BCUT2D eigenvalue weighted by molar-refractivity contribution is 5.06. The van der Waals surface area contributed by atoms with Gasteiger partial charge in [0, 0.05) is 12.3 Å². The van der Waals surface area contributed by atoms with E-state index >= 15 is 0 Å². The Hall–Kier alpha value is -0.830. The summed E-state index contributed by atoms with van der Waals surface area (Å²) in [5.41, 5.74) is 6.37. The summed E-state index contributed by atoms with van der Waals surface area (Å²) in [6.45, 7) is 0.649. The molecule has 2 N–H and O–H groups in total. The molecular formula is C8H12N2O. The van der Waals surface area contributed by atoms with E-state index in [1.54, 1.807) is 6.26 Å². The van der Waals surface area contributed by atoms with Gasteiger partial charge in [-0.25, -0.2) is 4.98 Å². The number of rotatable bonds is 3. The number of aromatic nitrogens is 1. The third kappa shape index (κ3) is 1.43. The van der Waals surface area contributed by atoms with Crippen LogP contribution < -0.4 is 5.73 Å².